The van der Waals surface area contributed by atoms with Crippen LogP contribution in [-0.2, 0) is 19.2 Å². The number of imidazole rings is 4. The molecule has 24 aromatic heterocycles. The number of amides is 4. The molecule has 0 atom stereocenters. The second-order valence-electron chi connectivity index (χ2n) is 35.3. The third-order valence-electron chi connectivity index (χ3n) is 25.8. The van der Waals surface area contributed by atoms with Crippen molar-refractivity contribution < 1.29 is 19.2 Å². The minimum Gasteiger partial charge on any atom is -0.335 e. The Morgan fingerprint density at radius 3 is 0.840 bits per heavy atom. The maximum absolute atomic E-state index is 12.6. The SMILES string of the molecule is CCCCC(=O)Nc1cncc(-c2cnc3n[nH]c(-c4nc5c(-c6ccsc6)cncc5[nH]4)c3c2)c1.O=C(Nc1cncc(-c2cnc3n[nH]c(-c4nc5c(-c6ccsc6)cncc5[nH]4)c3c2)c1)C1CC1.O=C(Nc1cncc(-c2cnc3n[nH]c(-c4nc5c(-c6ccsc6)cncc5[nH]4)c3c2)c1)C1CCC1.O=C(Nc1cncc(-c2cnc3n[nH]c(-c4nc5c(-c6ccsc6)cncc5[nH]4)c3c2)c1)C1CCCC1. The lowest BCUT2D eigenvalue weighted by Gasteiger charge is -2.24. The van der Waals surface area contributed by atoms with Crippen LogP contribution in [0.3, 0.4) is 0 Å². The fraction of sp³-hybridized carbons (Fsp3) is 0.154. The van der Waals surface area contributed by atoms with Crippen LogP contribution in [0.15, 0.2) is 240 Å². The van der Waals surface area contributed by atoms with Gasteiger partial charge in [-0.05, 0) is 183 Å². The number of fused-ring (bicyclic) bond motifs is 8. The van der Waals surface area contributed by atoms with Gasteiger partial charge in [0.1, 0.15) is 44.8 Å². The van der Waals surface area contributed by atoms with Crippen LogP contribution in [-0.4, -0.2) is 164 Å². The molecule has 0 radical (unpaired) electrons. The Labute approximate surface area is 831 Å². The van der Waals surface area contributed by atoms with Crippen LogP contribution in [0.25, 0.3) is 223 Å². The summed E-state index contributed by atoms with van der Waals surface area (Å²) in [5.74, 6) is 3.15. The Morgan fingerprint density at radius 2 is 0.576 bits per heavy atom. The highest BCUT2D eigenvalue weighted by Gasteiger charge is 2.31. The first-order valence-corrected chi connectivity index (χ1v) is 50.5. The molecule has 3 aliphatic rings. The maximum Gasteiger partial charge on any atom is 0.227 e. The molecule has 27 rings (SSSR count). The van der Waals surface area contributed by atoms with Crippen LogP contribution < -0.4 is 21.3 Å². The van der Waals surface area contributed by atoms with Gasteiger partial charge in [-0.15, -0.1) is 0 Å². The molecule has 12 N–H and O–H groups in total. The number of rotatable bonds is 22. The fourth-order valence-corrected chi connectivity index (χ4v) is 20.5. The van der Waals surface area contributed by atoms with Crippen molar-refractivity contribution in [3.63, 3.8) is 0 Å². The molecule has 24 aromatic rings. The van der Waals surface area contributed by atoms with Crippen LogP contribution in [0.1, 0.15) is 84.0 Å². The van der Waals surface area contributed by atoms with Crippen LogP contribution in [0.5, 0.6) is 0 Å². The number of carbonyl (C=O) groups is 4. The molecule has 3 saturated carbocycles. The minimum atomic E-state index is -0.0114. The predicted molar refractivity (Wildman–Crippen MR) is 559 cm³/mol. The van der Waals surface area contributed by atoms with Gasteiger partial charge in [-0.1, -0.05) is 32.6 Å². The Morgan fingerprint density at radius 1 is 0.306 bits per heavy atom. The summed E-state index contributed by atoms with van der Waals surface area (Å²) in [6.07, 6.45) is 46.6. The van der Waals surface area contributed by atoms with E-state index in [1.54, 1.807) is 144 Å². The summed E-state index contributed by atoms with van der Waals surface area (Å²) in [7, 11) is 0. The molecule has 0 spiro atoms. The zero-order chi connectivity index (χ0) is 96.7. The summed E-state index contributed by atoms with van der Waals surface area (Å²) >= 11 is 6.56. The van der Waals surface area contributed by atoms with E-state index < -0.39 is 0 Å². The average Bonchev–Trinajstić information content (AvgIpc) is 1.62. The number of unbranched alkanes of at least 4 members (excludes halogenated alkanes) is 1. The number of aromatic amines is 8. The van der Waals surface area contributed by atoms with Gasteiger partial charge in [0.25, 0.3) is 0 Å². The van der Waals surface area contributed by atoms with E-state index in [0.717, 1.165) is 248 Å². The Kier molecular flexibility index (Phi) is 23.9. The summed E-state index contributed by atoms with van der Waals surface area (Å²) in [6.45, 7) is 2.06. The molecular weight excluding hydrogens is 1890 g/mol. The van der Waals surface area contributed by atoms with Crippen molar-refractivity contribution in [2.45, 2.75) is 84.0 Å². The number of H-pyrrole nitrogens is 8. The average molecular weight is 1970 g/mol. The van der Waals surface area contributed by atoms with E-state index in [2.05, 4.69) is 195 Å². The number of nitrogens with one attached hydrogen (secondary N) is 12. The number of thiophene rings is 4. The molecular formula is C104H82N32O4S4. The van der Waals surface area contributed by atoms with Gasteiger partial charge in [-0.3, -0.25) is 79.4 Å². The van der Waals surface area contributed by atoms with Gasteiger partial charge < -0.3 is 41.2 Å². The second kappa shape index (κ2) is 38.8. The highest BCUT2D eigenvalue weighted by Crippen LogP contribution is 2.42. The molecule has 3 fully saturated rings. The molecule has 36 nitrogen and oxygen atoms in total. The van der Waals surface area contributed by atoms with Gasteiger partial charge in [0.15, 0.2) is 45.9 Å². The van der Waals surface area contributed by atoms with Crippen molar-refractivity contribution in [2.75, 3.05) is 21.3 Å². The number of nitrogens with zero attached hydrogens (tertiary/aromatic N) is 20. The molecule has 706 valence electrons. The number of carbonyl (C=O) groups excluding carboxylic acids is 4. The normalized spacial score (nSPS) is 13.2. The van der Waals surface area contributed by atoms with E-state index in [1.807, 2.05) is 94.8 Å². The molecule has 0 bridgehead atoms. The van der Waals surface area contributed by atoms with Crippen molar-refractivity contribution >= 4 is 180 Å². The standard InChI is InChI=1S/C27H22N8OS.C26H20N8OS.C26H22N8OS.C25H18N8OS/c36-27(15-3-1-2-4-15)31-19-7-17(9-28-11-19)18-8-20-24(34-35-25(20)30-10-18)26-32-22-13-29-12-21(23(22)33-26)16-5-6-37-14-16;35-26(14-2-1-3-14)30-18-6-16(8-27-10-18)17-7-19-23(33-34-24(19)29-9-17)25-31-21-12-28-11-20(22(21)32-25)15-4-5-36-13-15;1-2-3-4-22(35)30-18-7-16(9-27-11-18)17-8-19-24(33-34-25(19)29-10-17)26-31-21-13-28-12-20(23(21)32-26)15-5-6-36-14-15;34-25(13-1-2-13)29-17-5-15(7-26-9-17)16-6-18-22(32-33-23(18)28-8-16)24-30-20-11-27-10-19(21(20)31-24)14-3-4-35-12-14/h5-15H,1-4H2,(H,31,36)(H,32,33)(H,30,34,35);4-14H,1-3H2,(H,30,35)(H,31,32)(H,29,33,34);5-14H,2-4H2,1H3,(H,30,35)(H,31,32)(H,29,33,34);3-13H,1-2H2,(H,29,34)(H,30,31)(H,28,32,33). The molecule has 24 heterocycles. The van der Waals surface area contributed by atoms with Crippen molar-refractivity contribution in [1.29, 1.82) is 0 Å². The Hall–Kier alpha value is -17.8. The largest absolute Gasteiger partial charge is 0.335 e. The summed E-state index contributed by atoms with van der Waals surface area (Å²) < 4.78 is 0. The quantitative estimate of drug-likeness (QED) is 0.0300. The minimum absolute atomic E-state index is 0.0114. The number of aromatic nitrogens is 28. The van der Waals surface area contributed by atoms with E-state index in [4.69, 9.17) is 19.9 Å². The summed E-state index contributed by atoms with van der Waals surface area (Å²) in [5.41, 5.74) is 30.0. The van der Waals surface area contributed by atoms with E-state index in [-0.39, 0.29) is 41.4 Å². The number of hydrogen-bond acceptors (Lipinski definition) is 28. The predicted octanol–water partition coefficient (Wildman–Crippen LogP) is 22.1. The summed E-state index contributed by atoms with van der Waals surface area (Å²) in [4.78, 5) is 135. The number of hydrogen-bond donors (Lipinski definition) is 12. The lowest BCUT2D eigenvalue weighted by molar-refractivity contribution is -0.122. The maximum atomic E-state index is 12.6. The van der Waals surface area contributed by atoms with Crippen molar-refractivity contribution in [1.82, 2.24) is 140 Å². The van der Waals surface area contributed by atoms with Gasteiger partial charge in [-0.2, -0.15) is 65.7 Å². The molecule has 4 amide bonds. The van der Waals surface area contributed by atoms with E-state index in [9.17, 15) is 19.2 Å². The van der Waals surface area contributed by atoms with Crippen molar-refractivity contribution in [3.05, 3.63) is 240 Å². The number of pyridine rings is 12. The van der Waals surface area contributed by atoms with Gasteiger partial charge in [0.05, 0.1) is 116 Å². The second-order valence-corrected chi connectivity index (χ2v) is 38.5. The zero-order valence-electron chi connectivity index (χ0n) is 76.5. The first kappa shape index (κ1) is 88.9. The van der Waals surface area contributed by atoms with Crippen molar-refractivity contribution in [2.24, 2.45) is 17.8 Å². The molecule has 3 aliphatic carbocycles. The lowest BCUT2D eigenvalue weighted by atomic mass is 9.85. The third kappa shape index (κ3) is 18.2. The first-order valence-electron chi connectivity index (χ1n) is 46.7. The zero-order valence-corrected chi connectivity index (χ0v) is 79.8. The monoisotopic (exact) mass is 1970 g/mol. The fourth-order valence-electron chi connectivity index (χ4n) is 17.8. The van der Waals surface area contributed by atoms with Crippen LogP contribution in [0, 0.1) is 17.8 Å². The van der Waals surface area contributed by atoms with Crippen LogP contribution >= 0.6 is 45.3 Å². The molecule has 0 saturated heterocycles. The highest BCUT2D eigenvalue weighted by molar-refractivity contribution is 7.09. The lowest BCUT2D eigenvalue weighted by Crippen LogP contribution is -2.28. The number of anilines is 4. The summed E-state index contributed by atoms with van der Waals surface area (Å²) in [6, 6.07) is 24.0. The van der Waals surface area contributed by atoms with E-state index in [1.165, 1.54) is 0 Å². The first-order chi connectivity index (χ1) is 70.9. The topological polar surface area (TPSA) is 501 Å². The summed E-state index contributed by atoms with van der Waals surface area (Å²) in [5, 5.41) is 61.6. The smallest absolute Gasteiger partial charge is 0.227 e. The third-order valence-corrected chi connectivity index (χ3v) is 28.5. The van der Waals surface area contributed by atoms with E-state index in [0.29, 0.717) is 75.1 Å². The Balaban J connectivity index is 0.000000103. The van der Waals surface area contributed by atoms with Gasteiger partial charge in [0, 0.05) is 165 Å². The highest BCUT2D eigenvalue weighted by atomic mass is 32.1. The van der Waals surface area contributed by atoms with Crippen LogP contribution in [0.4, 0.5) is 22.7 Å². The van der Waals surface area contributed by atoms with E-state index >= 15 is 0 Å². The van der Waals surface area contributed by atoms with Gasteiger partial charge in [0.2, 0.25) is 23.6 Å². The Bertz CT molecular complexity index is 8930. The van der Waals surface area contributed by atoms with Crippen LogP contribution in [0.2, 0.25) is 0 Å². The van der Waals surface area contributed by atoms with Gasteiger partial charge in [-0.25, -0.2) is 39.9 Å². The molecule has 0 aliphatic heterocycles. The van der Waals surface area contributed by atoms with Gasteiger partial charge >= 0.3 is 0 Å². The molecule has 0 aromatic carbocycles. The van der Waals surface area contributed by atoms with Crippen molar-refractivity contribution in [3.8, 4) is 135 Å². The molecule has 144 heavy (non-hydrogen) atoms. The molecule has 40 heteroatoms. The molecule has 0 unspecified atom stereocenters.